The Morgan fingerprint density at radius 3 is 2.04 bits per heavy atom. The number of methoxy groups -OCH3 is 2. The highest BCUT2D eigenvalue weighted by Crippen LogP contribution is 2.28. The number of carbonyl (C=O) groups excluding carboxylic acids is 2. The summed E-state index contributed by atoms with van der Waals surface area (Å²) in [6.07, 6.45) is 0.0883. The van der Waals surface area contributed by atoms with E-state index in [2.05, 4.69) is 0 Å². The van der Waals surface area contributed by atoms with Gasteiger partial charge in [-0.3, -0.25) is 9.59 Å². The molecule has 0 amide bonds. The molecule has 28 heavy (non-hydrogen) atoms. The van der Waals surface area contributed by atoms with Crippen molar-refractivity contribution >= 4 is 11.8 Å². The van der Waals surface area contributed by atoms with Gasteiger partial charge in [0.25, 0.3) is 0 Å². The van der Waals surface area contributed by atoms with Gasteiger partial charge in [0, 0.05) is 11.1 Å². The number of carbonyl (C=O) groups is 2. The summed E-state index contributed by atoms with van der Waals surface area (Å²) in [6, 6.07) is 20.8. The summed E-state index contributed by atoms with van der Waals surface area (Å²) in [4.78, 5) is 24.6. The van der Waals surface area contributed by atoms with Crippen molar-refractivity contribution in [1.82, 2.24) is 0 Å². The molecule has 5 nitrogen and oxygen atoms in total. The highest BCUT2D eigenvalue weighted by atomic mass is 16.5. The first-order valence-corrected chi connectivity index (χ1v) is 8.72. The average molecular weight is 376 g/mol. The maximum Gasteiger partial charge on any atom is 0.315 e. The Balaban J connectivity index is 1.64. The second-order valence-corrected chi connectivity index (χ2v) is 6.06. The lowest BCUT2D eigenvalue weighted by Gasteiger charge is -2.10. The molecule has 5 heteroatoms. The molecule has 0 aliphatic rings. The van der Waals surface area contributed by atoms with E-state index in [1.165, 1.54) is 7.11 Å². The van der Waals surface area contributed by atoms with Gasteiger partial charge >= 0.3 is 5.97 Å². The molecule has 0 aliphatic carbocycles. The number of ether oxygens (including phenoxy) is 3. The normalized spacial score (nSPS) is 10.2. The second kappa shape index (κ2) is 8.86. The number of benzene rings is 3. The third kappa shape index (κ3) is 4.57. The maximum absolute atomic E-state index is 12.4. The molecule has 0 atom stereocenters. The molecule has 0 saturated heterocycles. The van der Waals surface area contributed by atoms with Crippen LogP contribution in [0.2, 0.25) is 0 Å². The van der Waals surface area contributed by atoms with Crippen molar-refractivity contribution in [2.75, 3.05) is 14.2 Å². The fraction of sp³-hybridized carbons (Fsp3) is 0.130. The lowest BCUT2D eigenvalue weighted by molar-refractivity contribution is -0.133. The third-order valence-corrected chi connectivity index (χ3v) is 4.18. The van der Waals surface area contributed by atoms with Gasteiger partial charge in [0.05, 0.1) is 20.6 Å². The minimum atomic E-state index is -0.408. The number of hydrogen-bond donors (Lipinski definition) is 0. The van der Waals surface area contributed by atoms with Crippen LogP contribution in [0.4, 0.5) is 0 Å². The summed E-state index contributed by atoms with van der Waals surface area (Å²) in [5.74, 6) is 1.04. The van der Waals surface area contributed by atoms with Crippen LogP contribution in [0, 0.1) is 0 Å². The molecule has 0 fully saturated rings. The van der Waals surface area contributed by atoms with Crippen molar-refractivity contribution in [2.45, 2.75) is 6.42 Å². The van der Waals surface area contributed by atoms with Gasteiger partial charge in [-0.1, -0.05) is 36.4 Å². The standard InChI is InChI=1S/C23H20O5/c1-26-20-13-8-16(14-21(20)27-2)15-22(24)28-19-11-9-18(10-12-19)23(25)17-6-4-3-5-7-17/h3-14H,15H2,1-2H3. The van der Waals surface area contributed by atoms with Crippen molar-refractivity contribution in [2.24, 2.45) is 0 Å². The molecular weight excluding hydrogens is 356 g/mol. The number of ketones is 1. The molecule has 0 heterocycles. The fourth-order valence-electron chi connectivity index (χ4n) is 2.76. The van der Waals surface area contributed by atoms with Crippen molar-refractivity contribution in [3.8, 4) is 17.2 Å². The molecule has 0 radical (unpaired) electrons. The first-order chi connectivity index (χ1) is 13.6. The highest BCUT2D eigenvalue weighted by Gasteiger charge is 2.12. The summed E-state index contributed by atoms with van der Waals surface area (Å²) in [5, 5.41) is 0. The largest absolute Gasteiger partial charge is 0.493 e. The van der Waals surface area contributed by atoms with E-state index in [4.69, 9.17) is 14.2 Å². The van der Waals surface area contributed by atoms with E-state index >= 15 is 0 Å². The lowest BCUT2D eigenvalue weighted by Crippen LogP contribution is -2.11. The molecule has 3 aromatic carbocycles. The molecule has 0 N–H and O–H groups in total. The smallest absolute Gasteiger partial charge is 0.315 e. The van der Waals surface area contributed by atoms with E-state index in [0.717, 1.165) is 5.56 Å². The Morgan fingerprint density at radius 2 is 1.39 bits per heavy atom. The maximum atomic E-state index is 12.4. The van der Waals surface area contributed by atoms with Gasteiger partial charge in [0.2, 0.25) is 0 Å². The molecule has 0 saturated carbocycles. The zero-order valence-electron chi connectivity index (χ0n) is 15.7. The quantitative estimate of drug-likeness (QED) is 0.353. The van der Waals surface area contributed by atoms with Crippen LogP contribution < -0.4 is 14.2 Å². The predicted octanol–water partition coefficient (Wildman–Crippen LogP) is 4.08. The number of rotatable bonds is 7. The van der Waals surface area contributed by atoms with E-state index in [1.54, 1.807) is 61.7 Å². The molecule has 0 bridgehead atoms. The van der Waals surface area contributed by atoms with Gasteiger partial charge in [-0.05, 0) is 42.0 Å². The van der Waals surface area contributed by atoms with Crippen LogP contribution >= 0.6 is 0 Å². The van der Waals surface area contributed by atoms with Crippen LogP contribution in [-0.2, 0) is 11.2 Å². The Bertz CT molecular complexity index is 962. The molecular formula is C23H20O5. The Morgan fingerprint density at radius 1 is 0.750 bits per heavy atom. The SMILES string of the molecule is COc1ccc(CC(=O)Oc2ccc(C(=O)c3ccccc3)cc2)cc1OC. The van der Waals surface area contributed by atoms with Crippen LogP contribution in [0.1, 0.15) is 21.5 Å². The monoisotopic (exact) mass is 376 g/mol. The molecule has 0 unspecified atom stereocenters. The number of esters is 1. The van der Waals surface area contributed by atoms with Gasteiger partial charge < -0.3 is 14.2 Å². The first kappa shape index (κ1) is 19.2. The van der Waals surface area contributed by atoms with Crippen molar-refractivity contribution < 1.29 is 23.8 Å². The van der Waals surface area contributed by atoms with Gasteiger partial charge in [0.1, 0.15) is 5.75 Å². The summed E-state index contributed by atoms with van der Waals surface area (Å²) < 4.78 is 15.8. The summed E-state index contributed by atoms with van der Waals surface area (Å²) in [7, 11) is 3.09. The van der Waals surface area contributed by atoms with Crippen LogP contribution in [0.3, 0.4) is 0 Å². The van der Waals surface area contributed by atoms with Crippen LogP contribution in [0.15, 0.2) is 72.8 Å². The first-order valence-electron chi connectivity index (χ1n) is 8.72. The molecule has 0 aliphatic heterocycles. The lowest BCUT2D eigenvalue weighted by atomic mass is 10.0. The zero-order valence-corrected chi connectivity index (χ0v) is 15.7. The van der Waals surface area contributed by atoms with Crippen molar-refractivity contribution in [3.05, 3.63) is 89.5 Å². The van der Waals surface area contributed by atoms with E-state index in [0.29, 0.717) is 28.4 Å². The van der Waals surface area contributed by atoms with Gasteiger partial charge in [-0.2, -0.15) is 0 Å². The summed E-state index contributed by atoms with van der Waals surface area (Å²) >= 11 is 0. The zero-order chi connectivity index (χ0) is 19.9. The highest BCUT2D eigenvalue weighted by molar-refractivity contribution is 6.09. The second-order valence-electron chi connectivity index (χ2n) is 6.06. The molecule has 3 aromatic rings. The van der Waals surface area contributed by atoms with Gasteiger partial charge in [-0.15, -0.1) is 0 Å². The summed E-state index contributed by atoms with van der Waals surface area (Å²) in [5.41, 5.74) is 1.89. The van der Waals surface area contributed by atoms with Crippen LogP contribution in [0.5, 0.6) is 17.2 Å². The predicted molar refractivity (Wildman–Crippen MR) is 105 cm³/mol. The number of hydrogen-bond acceptors (Lipinski definition) is 5. The van der Waals surface area contributed by atoms with E-state index < -0.39 is 5.97 Å². The van der Waals surface area contributed by atoms with E-state index in [1.807, 2.05) is 18.2 Å². The Labute approximate surface area is 163 Å². The Kier molecular flexibility index (Phi) is 6.07. The molecule has 3 rings (SSSR count). The molecule has 0 aromatic heterocycles. The van der Waals surface area contributed by atoms with E-state index in [-0.39, 0.29) is 12.2 Å². The van der Waals surface area contributed by atoms with Crippen molar-refractivity contribution in [1.29, 1.82) is 0 Å². The minimum Gasteiger partial charge on any atom is -0.493 e. The van der Waals surface area contributed by atoms with Crippen LogP contribution in [0.25, 0.3) is 0 Å². The average Bonchev–Trinajstić information content (AvgIpc) is 2.74. The van der Waals surface area contributed by atoms with Crippen LogP contribution in [-0.4, -0.2) is 26.0 Å². The topological polar surface area (TPSA) is 61.8 Å². The van der Waals surface area contributed by atoms with E-state index in [9.17, 15) is 9.59 Å². The Hall–Kier alpha value is -3.60. The fourth-order valence-corrected chi connectivity index (χ4v) is 2.76. The van der Waals surface area contributed by atoms with Gasteiger partial charge in [-0.25, -0.2) is 0 Å². The van der Waals surface area contributed by atoms with Gasteiger partial charge in [0.15, 0.2) is 17.3 Å². The molecule has 0 spiro atoms. The molecule has 142 valence electrons. The van der Waals surface area contributed by atoms with Crippen molar-refractivity contribution in [3.63, 3.8) is 0 Å². The minimum absolute atomic E-state index is 0.0798. The summed E-state index contributed by atoms with van der Waals surface area (Å²) in [6.45, 7) is 0. The third-order valence-electron chi connectivity index (χ3n) is 4.18.